The monoisotopic (exact) mass is 195 g/mol. The van der Waals surface area contributed by atoms with E-state index in [9.17, 15) is 4.79 Å². The lowest BCUT2D eigenvalue weighted by Crippen LogP contribution is -1.98. The van der Waals surface area contributed by atoms with Crippen LogP contribution in [0.25, 0.3) is 11.6 Å². The second-order valence-corrected chi connectivity index (χ2v) is 2.57. The highest BCUT2D eigenvalue weighted by Gasteiger charge is 2.17. The Morgan fingerprint density at radius 2 is 2.29 bits per heavy atom. The number of aromatic carboxylic acids is 1. The number of hydrogen-bond acceptors (Lipinski definition) is 6. The van der Waals surface area contributed by atoms with Crippen LogP contribution in [0.15, 0.2) is 15.3 Å². The van der Waals surface area contributed by atoms with Crippen molar-refractivity contribution in [1.29, 1.82) is 0 Å². The first-order chi connectivity index (χ1) is 6.68. The Balaban J connectivity index is 2.43. The van der Waals surface area contributed by atoms with Crippen LogP contribution in [-0.2, 0) is 0 Å². The van der Waals surface area contributed by atoms with Gasteiger partial charge in [-0.25, -0.2) is 4.79 Å². The predicted molar refractivity (Wildman–Crippen MR) is 41.5 cm³/mol. The molecule has 0 aliphatic carbocycles. The SMILES string of the molecule is Cc1conc1-c1nc(C(=O)O)no1. The summed E-state index contributed by atoms with van der Waals surface area (Å²) in [4.78, 5) is 14.1. The van der Waals surface area contributed by atoms with Crippen molar-refractivity contribution in [2.24, 2.45) is 0 Å². The summed E-state index contributed by atoms with van der Waals surface area (Å²) in [6.45, 7) is 1.73. The van der Waals surface area contributed by atoms with Gasteiger partial charge in [0.1, 0.15) is 6.26 Å². The molecule has 0 saturated heterocycles. The number of aromatic nitrogens is 3. The van der Waals surface area contributed by atoms with Crippen LogP contribution in [0.3, 0.4) is 0 Å². The zero-order valence-electron chi connectivity index (χ0n) is 7.09. The maximum Gasteiger partial charge on any atom is 0.377 e. The van der Waals surface area contributed by atoms with Gasteiger partial charge in [-0.15, -0.1) is 0 Å². The van der Waals surface area contributed by atoms with E-state index in [4.69, 9.17) is 5.11 Å². The Labute approximate surface area is 77.3 Å². The fraction of sp³-hybridized carbons (Fsp3) is 0.143. The molecule has 0 spiro atoms. The molecule has 0 amide bonds. The van der Waals surface area contributed by atoms with Gasteiger partial charge in [0, 0.05) is 5.56 Å². The third-order valence-corrected chi connectivity index (χ3v) is 1.57. The molecular formula is C7H5N3O4. The van der Waals surface area contributed by atoms with E-state index in [-0.39, 0.29) is 5.89 Å². The molecule has 7 heteroatoms. The highest BCUT2D eigenvalue weighted by Crippen LogP contribution is 2.18. The lowest BCUT2D eigenvalue weighted by molar-refractivity contribution is 0.0680. The van der Waals surface area contributed by atoms with E-state index in [1.165, 1.54) is 6.26 Å². The van der Waals surface area contributed by atoms with Crippen molar-refractivity contribution < 1.29 is 18.9 Å². The van der Waals surface area contributed by atoms with Crippen LogP contribution in [0.4, 0.5) is 0 Å². The fourth-order valence-electron chi connectivity index (χ4n) is 0.900. The molecule has 0 unspecified atom stereocenters. The molecule has 0 aliphatic heterocycles. The molecule has 7 nitrogen and oxygen atoms in total. The van der Waals surface area contributed by atoms with Crippen LogP contribution < -0.4 is 0 Å². The largest absolute Gasteiger partial charge is 0.475 e. The van der Waals surface area contributed by atoms with Gasteiger partial charge in [0.2, 0.25) is 0 Å². The van der Waals surface area contributed by atoms with E-state index in [1.807, 2.05) is 0 Å². The van der Waals surface area contributed by atoms with Crippen molar-refractivity contribution in [2.75, 3.05) is 0 Å². The molecule has 0 atom stereocenters. The van der Waals surface area contributed by atoms with E-state index in [2.05, 4.69) is 24.3 Å². The summed E-state index contributed by atoms with van der Waals surface area (Å²) < 4.78 is 9.33. The van der Waals surface area contributed by atoms with Crippen LogP contribution in [0.1, 0.15) is 16.2 Å². The van der Waals surface area contributed by atoms with E-state index in [0.29, 0.717) is 11.3 Å². The first kappa shape index (κ1) is 8.42. The van der Waals surface area contributed by atoms with Gasteiger partial charge in [0.15, 0.2) is 5.69 Å². The number of hydrogen-bond donors (Lipinski definition) is 1. The number of nitrogens with zero attached hydrogens (tertiary/aromatic N) is 3. The summed E-state index contributed by atoms with van der Waals surface area (Å²) in [5.74, 6) is -1.61. The molecule has 2 aromatic heterocycles. The first-order valence-electron chi connectivity index (χ1n) is 3.67. The number of carbonyl (C=O) groups is 1. The number of carboxylic acids is 1. The molecule has 1 N–H and O–H groups in total. The Hall–Kier alpha value is -2.18. The topological polar surface area (TPSA) is 102 Å². The van der Waals surface area contributed by atoms with Crippen molar-refractivity contribution in [1.82, 2.24) is 15.3 Å². The van der Waals surface area contributed by atoms with Crippen molar-refractivity contribution in [3.05, 3.63) is 17.7 Å². The van der Waals surface area contributed by atoms with Gasteiger partial charge in [-0.1, -0.05) is 5.16 Å². The van der Waals surface area contributed by atoms with Crippen molar-refractivity contribution >= 4 is 5.97 Å². The van der Waals surface area contributed by atoms with Gasteiger partial charge in [0.05, 0.1) is 0 Å². The standard InChI is InChI=1S/C7H5N3O4/c1-3-2-13-9-4(3)6-8-5(7(11)12)10-14-6/h2H,1H3,(H,11,12). The Kier molecular flexibility index (Phi) is 1.77. The first-order valence-corrected chi connectivity index (χ1v) is 3.67. The molecule has 2 aromatic rings. The van der Waals surface area contributed by atoms with Crippen LogP contribution in [0.5, 0.6) is 0 Å². The van der Waals surface area contributed by atoms with Gasteiger partial charge in [-0.2, -0.15) is 4.98 Å². The molecule has 0 radical (unpaired) electrons. The molecule has 72 valence electrons. The smallest absolute Gasteiger partial charge is 0.377 e. The zero-order valence-corrected chi connectivity index (χ0v) is 7.09. The molecule has 0 saturated carbocycles. The highest BCUT2D eigenvalue weighted by molar-refractivity contribution is 5.83. The summed E-state index contributed by atoms with van der Waals surface area (Å²) in [7, 11) is 0. The third-order valence-electron chi connectivity index (χ3n) is 1.57. The maximum absolute atomic E-state index is 10.4. The van der Waals surface area contributed by atoms with Crippen molar-refractivity contribution in [3.63, 3.8) is 0 Å². The van der Waals surface area contributed by atoms with Crippen molar-refractivity contribution in [3.8, 4) is 11.6 Å². The van der Waals surface area contributed by atoms with Gasteiger partial charge in [-0.3, -0.25) is 0 Å². The minimum atomic E-state index is -1.25. The van der Waals surface area contributed by atoms with Crippen LogP contribution >= 0.6 is 0 Å². The Bertz CT molecular complexity index is 473. The molecule has 0 bridgehead atoms. The average molecular weight is 195 g/mol. The quantitative estimate of drug-likeness (QED) is 0.753. The summed E-state index contributed by atoms with van der Waals surface area (Å²) in [5.41, 5.74) is 1.05. The van der Waals surface area contributed by atoms with E-state index < -0.39 is 11.8 Å². The molecule has 2 rings (SSSR count). The van der Waals surface area contributed by atoms with Crippen LogP contribution in [0.2, 0.25) is 0 Å². The third kappa shape index (κ3) is 1.24. The normalized spacial score (nSPS) is 10.4. The number of rotatable bonds is 2. The average Bonchev–Trinajstić information content (AvgIpc) is 2.71. The predicted octanol–water partition coefficient (Wildman–Crippen LogP) is 0.731. The summed E-state index contributed by atoms with van der Waals surface area (Å²) >= 11 is 0. The van der Waals surface area contributed by atoms with E-state index in [1.54, 1.807) is 6.92 Å². The summed E-state index contributed by atoms with van der Waals surface area (Å²) in [5, 5.41) is 15.4. The van der Waals surface area contributed by atoms with Crippen LogP contribution in [0, 0.1) is 6.92 Å². The Morgan fingerprint density at radius 1 is 1.50 bits per heavy atom. The zero-order chi connectivity index (χ0) is 10.1. The second kappa shape index (κ2) is 2.95. The van der Waals surface area contributed by atoms with E-state index in [0.717, 1.165) is 0 Å². The minimum Gasteiger partial charge on any atom is -0.475 e. The summed E-state index contributed by atoms with van der Waals surface area (Å²) in [6, 6.07) is 0. The van der Waals surface area contributed by atoms with E-state index >= 15 is 0 Å². The van der Waals surface area contributed by atoms with Gasteiger partial charge >= 0.3 is 5.97 Å². The summed E-state index contributed by atoms with van der Waals surface area (Å²) in [6.07, 6.45) is 1.40. The van der Waals surface area contributed by atoms with Gasteiger partial charge < -0.3 is 14.2 Å². The number of aryl methyl sites for hydroxylation is 1. The van der Waals surface area contributed by atoms with Crippen LogP contribution in [-0.4, -0.2) is 26.4 Å². The maximum atomic E-state index is 10.4. The molecular weight excluding hydrogens is 190 g/mol. The van der Waals surface area contributed by atoms with Gasteiger partial charge in [-0.05, 0) is 12.1 Å². The minimum absolute atomic E-state index is 0.0358. The molecule has 0 aromatic carbocycles. The second-order valence-electron chi connectivity index (χ2n) is 2.57. The Morgan fingerprint density at radius 3 is 2.79 bits per heavy atom. The number of carboxylic acid groups (broad SMARTS) is 1. The molecule has 14 heavy (non-hydrogen) atoms. The van der Waals surface area contributed by atoms with Crippen molar-refractivity contribution in [2.45, 2.75) is 6.92 Å². The molecule has 0 aliphatic rings. The lowest BCUT2D eigenvalue weighted by atomic mass is 10.3. The molecule has 0 fully saturated rings. The lowest BCUT2D eigenvalue weighted by Gasteiger charge is -1.84. The van der Waals surface area contributed by atoms with Gasteiger partial charge in [0.25, 0.3) is 11.7 Å². The molecule has 2 heterocycles. The fourth-order valence-corrected chi connectivity index (χ4v) is 0.900. The highest BCUT2D eigenvalue weighted by atomic mass is 16.5.